The lowest BCUT2D eigenvalue weighted by Gasteiger charge is -2.62. The number of hydrogen-bond acceptors (Lipinski definition) is 1. The fourth-order valence-corrected chi connectivity index (χ4v) is 2.79. The Hall–Kier alpha value is -0.980. The molecule has 1 aromatic carbocycles. The van der Waals surface area contributed by atoms with Crippen LogP contribution in [0.1, 0.15) is 24.8 Å². The molecule has 3 aliphatic rings. The second kappa shape index (κ2) is 1.85. The summed E-state index contributed by atoms with van der Waals surface area (Å²) in [7, 11) is 0. The van der Waals surface area contributed by atoms with Gasteiger partial charge in [-0.1, -0.05) is 18.2 Å². The van der Waals surface area contributed by atoms with Crippen molar-refractivity contribution in [3.05, 3.63) is 29.8 Å². The number of para-hydroxylation sites is 1. The zero-order chi connectivity index (χ0) is 8.18. The Morgan fingerprint density at radius 2 is 1.83 bits per heavy atom. The number of benzene rings is 1. The van der Waals surface area contributed by atoms with Crippen LogP contribution in [0.3, 0.4) is 0 Å². The number of nitrogens with two attached hydrogens (primary N) is 1. The molecule has 0 saturated heterocycles. The predicted molar refractivity (Wildman–Crippen MR) is 49.9 cm³/mol. The van der Waals surface area contributed by atoms with Gasteiger partial charge in [-0.15, -0.1) is 0 Å². The van der Waals surface area contributed by atoms with Gasteiger partial charge in [0.05, 0.1) is 0 Å². The quantitative estimate of drug-likeness (QED) is 0.625. The van der Waals surface area contributed by atoms with Crippen molar-refractivity contribution >= 4 is 5.69 Å². The summed E-state index contributed by atoms with van der Waals surface area (Å²) in [6, 6.07) is 8.34. The predicted octanol–water partition coefficient (Wildman–Crippen LogP) is 2.32. The molecular weight excluding hydrogens is 146 g/mol. The largest absolute Gasteiger partial charge is 0.398 e. The third kappa shape index (κ3) is 0.603. The molecule has 1 aromatic rings. The van der Waals surface area contributed by atoms with E-state index in [-0.39, 0.29) is 0 Å². The van der Waals surface area contributed by atoms with E-state index in [1.165, 1.54) is 24.8 Å². The number of anilines is 1. The molecule has 0 heterocycles. The first kappa shape index (κ1) is 6.53. The molecule has 12 heavy (non-hydrogen) atoms. The molecule has 3 saturated carbocycles. The SMILES string of the molecule is Nc1ccccc1C12CC(C1)C2. The topological polar surface area (TPSA) is 26.0 Å². The first-order valence-electron chi connectivity index (χ1n) is 4.65. The smallest absolute Gasteiger partial charge is 0.0352 e. The summed E-state index contributed by atoms with van der Waals surface area (Å²) in [5, 5.41) is 0. The highest BCUT2D eigenvalue weighted by atomic mass is 14.7. The maximum atomic E-state index is 5.94. The highest BCUT2D eigenvalue weighted by Gasteiger charge is 2.57. The summed E-state index contributed by atoms with van der Waals surface area (Å²) in [6.07, 6.45) is 4.17. The lowest BCUT2D eigenvalue weighted by atomic mass is 9.42. The molecule has 3 aliphatic carbocycles. The van der Waals surface area contributed by atoms with Crippen LogP contribution in [0.15, 0.2) is 24.3 Å². The van der Waals surface area contributed by atoms with Gasteiger partial charge < -0.3 is 5.73 Å². The standard InChI is InChI=1S/C11H13N/c12-10-4-2-1-3-9(10)11-5-8(6-11)7-11/h1-4,8H,5-7,12H2. The molecule has 2 N–H and O–H groups in total. The Labute approximate surface area is 72.6 Å². The van der Waals surface area contributed by atoms with Crippen molar-refractivity contribution in [2.75, 3.05) is 5.73 Å². The van der Waals surface area contributed by atoms with Gasteiger partial charge in [0.25, 0.3) is 0 Å². The zero-order valence-electron chi connectivity index (χ0n) is 7.09. The molecule has 4 rings (SSSR count). The van der Waals surface area contributed by atoms with Crippen LogP contribution in [-0.2, 0) is 5.41 Å². The second-order valence-electron chi connectivity index (χ2n) is 4.35. The normalized spacial score (nSPS) is 36.8. The van der Waals surface area contributed by atoms with Gasteiger partial charge in [-0.2, -0.15) is 0 Å². The van der Waals surface area contributed by atoms with Crippen molar-refractivity contribution in [2.45, 2.75) is 24.7 Å². The molecule has 2 bridgehead atoms. The molecular formula is C11H13N. The Morgan fingerprint density at radius 3 is 2.33 bits per heavy atom. The fraction of sp³-hybridized carbons (Fsp3) is 0.455. The molecule has 0 amide bonds. The molecule has 0 unspecified atom stereocenters. The lowest BCUT2D eigenvalue weighted by molar-refractivity contribution is -0.0267. The van der Waals surface area contributed by atoms with Crippen LogP contribution in [0.4, 0.5) is 5.69 Å². The van der Waals surface area contributed by atoms with E-state index in [2.05, 4.69) is 12.1 Å². The van der Waals surface area contributed by atoms with Gasteiger partial charge in [0.2, 0.25) is 0 Å². The van der Waals surface area contributed by atoms with Crippen molar-refractivity contribution in [3.63, 3.8) is 0 Å². The van der Waals surface area contributed by atoms with Gasteiger partial charge in [0.15, 0.2) is 0 Å². The number of hydrogen-bond donors (Lipinski definition) is 1. The number of nitrogen functional groups attached to an aromatic ring is 1. The summed E-state index contributed by atoms with van der Waals surface area (Å²) in [5.74, 6) is 1.03. The summed E-state index contributed by atoms with van der Waals surface area (Å²) >= 11 is 0. The van der Waals surface area contributed by atoms with E-state index < -0.39 is 0 Å². The van der Waals surface area contributed by atoms with Gasteiger partial charge in [-0.25, -0.2) is 0 Å². The van der Waals surface area contributed by atoms with E-state index >= 15 is 0 Å². The Morgan fingerprint density at radius 1 is 1.17 bits per heavy atom. The maximum Gasteiger partial charge on any atom is 0.0352 e. The number of rotatable bonds is 1. The Kier molecular flexibility index (Phi) is 1.00. The molecule has 1 nitrogen and oxygen atoms in total. The van der Waals surface area contributed by atoms with E-state index in [0.29, 0.717) is 5.41 Å². The molecule has 0 aliphatic heterocycles. The average Bonchev–Trinajstić information content (AvgIpc) is 1.87. The van der Waals surface area contributed by atoms with Crippen LogP contribution < -0.4 is 5.73 Å². The minimum Gasteiger partial charge on any atom is -0.398 e. The van der Waals surface area contributed by atoms with Gasteiger partial charge in [-0.3, -0.25) is 0 Å². The Balaban J connectivity index is 2.06. The Bertz CT molecular complexity index is 313. The van der Waals surface area contributed by atoms with Crippen molar-refractivity contribution in [1.82, 2.24) is 0 Å². The van der Waals surface area contributed by atoms with Gasteiger partial charge in [0, 0.05) is 5.69 Å². The van der Waals surface area contributed by atoms with Crippen LogP contribution in [0.25, 0.3) is 0 Å². The molecule has 0 spiro atoms. The van der Waals surface area contributed by atoms with Crippen molar-refractivity contribution in [3.8, 4) is 0 Å². The molecule has 1 heteroatoms. The first-order valence-corrected chi connectivity index (χ1v) is 4.65. The van der Waals surface area contributed by atoms with Crippen molar-refractivity contribution in [2.24, 2.45) is 5.92 Å². The minimum atomic E-state index is 0.524. The molecule has 0 radical (unpaired) electrons. The third-order valence-electron chi connectivity index (χ3n) is 3.57. The molecule has 0 aromatic heterocycles. The highest BCUT2D eigenvalue weighted by molar-refractivity contribution is 5.53. The summed E-state index contributed by atoms with van der Waals surface area (Å²) < 4.78 is 0. The van der Waals surface area contributed by atoms with Gasteiger partial charge >= 0.3 is 0 Å². The van der Waals surface area contributed by atoms with E-state index in [4.69, 9.17) is 5.73 Å². The average molecular weight is 159 g/mol. The monoisotopic (exact) mass is 159 g/mol. The maximum absolute atomic E-state index is 5.94. The summed E-state index contributed by atoms with van der Waals surface area (Å²) in [5.41, 5.74) is 8.87. The van der Waals surface area contributed by atoms with Crippen LogP contribution in [0.5, 0.6) is 0 Å². The van der Waals surface area contributed by atoms with Gasteiger partial charge in [-0.05, 0) is 42.2 Å². The fourth-order valence-electron chi connectivity index (χ4n) is 2.79. The third-order valence-corrected chi connectivity index (χ3v) is 3.57. The zero-order valence-corrected chi connectivity index (χ0v) is 7.09. The van der Waals surface area contributed by atoms with Crippen LogP contribution in [-0.4, -0.2) is 0 Å². The first-order chi connectivity index (χ1) is 5.80. The van der Waals surface area contributed by atoms with Crippen LogP contribution >= 0.6 is 0 Å². The van der Waals surface area contributed by atoms with E-state index in [1.807, 2.05) is 12.1 Å². The molecule has 62 valence electrons. The van der Waals surface area contributed by atoms with E-state index in [0.717, 1.165) is 11.6 Å². The minimum absolute atomic E-state index is 0.524. The van der Waals surface area contributed by atoms with Gasteiger partial charge in [0.1, 0.15) is 0 Å². The lowest BCUT2D eigenvalue weighted by Crippen LogP contribution is -2.55. The van der Waals surface area contributed by atoms with Crippen LogP contribution in [0, 0.1) is 5.92 Å². The highest BCUT2D eigenvalue weighted by Crippen LogP contribution is 2.65. The van der Waals surface area contributed by atoms with Crippen LogP contribution in [0.2, 0.25) is 0 Å². The summed E-state index contributed by atoms with van der Waals surface area (Å²) in [6.45, 7) is 0. The van der Waals surface area contributed by atoms with Crippen molar-refractivity contribution < 1.29 is 0 Å². The second-order valence-corrected chi connectivity index (χ2v) is 4.35. The molecule has 3 fully saturated rings. The summed E-state index contributed by atoms with van der Waals surface area (Å²) in [4.78, 5) is 0. The van der Waals surface area contributed by atoms with Crippen molar-refractivity contribution in [1.29, 1.82) is 0 Å². The van der Waals surface area contributed by atoms with E-state index in [9.17, 15) is 0 Å². The van der Waals surface area contributed by atoms with E-state index in [1.54, 1.807) is 0 Å². The molecule has 0 atom stereocenters.